The Hall–Kier alpha value is -1.86. The normalized spacial score (nSPS) is 20.2. The monoisotopic (exact) mass is 342 g/mol. The molecule has 4 N–H and O–H groups in total. The molecule has 0 unspecified atom stereocenters. The molecule has 8 heteroatoms. The number of para-hydroxylation sites is 2. The van der Waals surface area contributed by atoms with Crippen LogP contribution in [0.1, 0.15) is 32.1 Å². The van der Waals surface area contributed by atoms with Crippen molar-refractivity contribution in [3.05, 3.63) is 34.4 Å². The van der Waals surface area contributed by atoms with E-state index in [9.17, 15) is 14.9 Å². The number of carbonyl (C=O) groups excluding carboxylic acids is 1. The quantitative estimate of drug-likeness (QED) is 0.542. The number of nitro groups is 1. The van der Waals surface area contributed by atoms with Gasteiger partial charge in [0.25, 0.3) is 5.69 Å². The predicted octanol–water partition coefficient (Wildman–Crippen LogP) is 2.20. The maximum Gasteiger partial charge on any atom is 0.292 e. The van der Waals surface area contributed by atoms with Gasteiger partial charge in [-0.1, -0.05) is 12.1 Å². The van der Waals surface area contributed by atoms with E-state index < -0.39 is 4.92 Å². The van der Waals surface area contributed by atoms with Gasteiger partial charge in [-0.2, -0.15) is 0 Å². The highest BCUT2D eigenvalue weighted by Gasteiger charge is 2.20. The third kappa shape index (κ3) is 6.03. The Morgan fingerprint density at radius 1 is 1.26 bits per heavy atom. The number of hydrogen-bond donors (Lipinski definition) is 3. The van der Waals surface area contributed by atoms with Crippen LogP contribution in [0.2, 0.25) is 0 Å². The first-order chi connectivity index (χ1) is 10.6. The van der Waals surface area contributed by atoms with Crippen molar-refractivity contribution in [1.82, 2.24) is 5.32 Å². The average Bonchev–Trinajstić information content (AvgIpc) is 2.50. The highest BCUT2D eigenvalue weighted by molar-refractivity contribution is 5.85. The van der Waals surface area contributed by atoms with Gasteiger partial charge < -0.3 is 16.4 Å². The summed E-state index contributed by atoms with van der Waals surface area (Å²) >= 11 is 0. The van der Waals surface area contributed by atoms with E-state index in [1.807, 2.05) is 0 Å². The number of anilines is 1. The van der Waals surface area contributed by atoms with E-state index in [1.165, 1.54) is 6.07 Å². The second-order valence-electron chi connectivity index (χ2n) is 5.63. The van der Waals surface area contributed by atoms with E-state index in [4.69, 9.17) is 5.73 Å². The molecule has 1 saturated carbocycles. The SMILES string of the molecule is Cl.NC1CCC(NC(=O)CCNc2ccccc2[N+](=O)[O-])CC1. The fourth-order valence-electron chi connectivity index (χ4n) is 2.66. The minimum Gasteiger partial charge on any atom is -0.379 e. The van der Waals surface area contributed by atoms with E-state index in [2.05, 4.69) is 10.6 Å². The number of nitro benzene ring substituents is 1. The summed E-state index contributed by atoms with van der Waals surface area (Å²) in [4.78, 5) is 22.3. The Morgan fingerprint density at radius 2 is 1.91 bits per heavy atom. The maximum atomic E-state index is 11.9. The van der Waals surface area contributed by atoms with Crippen LogP contribution in [0.25, 0.3) is 0 Å². The fraction of sp³-hybridized carbons (Fsp3) is 0.533. The molecule has 0 saturated heterocycles. The highest BCUT2D eigenvalue weighted by Crippen LogP contribution is 2.23. The zero-order chi connectivity index (χ0) is 15.9. The zero-order valence-electron chi connectivity index (χ0n) is 12.9. The summed E-state index contributed by atoms with van der Waals surface area (Å²) in [7, 11) is 0. The van der Waals surface area contributed by atoms with Crippen LogP contribution in [0.15, 0.2) is 24.3 Å². The average molecular weight is 343 g/mol. The molecule has 0 heterocycles. The minimum absolute atomic E-state index is 0. The molecule has 0 atom stereocenters. The Labute approximate surface area is 141 Å². The molecular weight excluding hydrogens is 320 g/mol. The molecule has 1 amide bonds. The second-order valence-corrected chi connectivity index (χ2v) is 5.63. The van der Waals surface area contributed by atoms with Gasteiger partial charge >= 0.3 is 0 Å². The van der Waals surface area contributed by atoms with Gasteiger partial charge in [-0.05, 0) is 31.7 Å². The van der Waals surface area contributed by atoms with E-state index in [0.717, 1.165) is 25.7 Å². The van der Waals surface area contributed by atoms with Gasteiger partial charge in [-0.25, -0.2) is 0 Å². The van der Waals surface area contributed by atoms with Crippen molar-refractivity contribution in [3.8, 4) is 0 Å². The van der Waals surface area contributed by atoms with E-state index in [1.54, 1.807) is 18.2 Å². The van der Waals surface area contributed by atoms with Gasteiger partial charge in [-0.15, -0.1) is 12.4 Å². The second kappa shape index (κ2) is 9.32. The molecule has 23 heavy (non-hydrogen) atoms. The van der Waals surface area contributed by atoms with Crippen molar-refractivity contribution < 1.29 is 9.72 Å². The van der Waals surface area contributed by atoms with E-state index in [-0.39, 0.29) is 42.5 Å². The van der Waals surface area contributed by atoms with Crippen LogP contribution in [0.4, 0.5) is 11.4 Å². The van der Waals surface area contributed by atoms with Crippen LogP contribution < -0.4 is 16.4 Å². The molecule has 128 valence electrons. The van der Waals surface area contributed by atoms with Crippen LogP contribution >= 0.6 is 12.4 Å². The number of hydrogen-bond acceptors (Lipinski definition) is 5. The van der Waals surface area contributed by atoms with Crippen molar-refractivity contribution in [1.29, 1.82) is 0 Å². The first-order valence-corrected chi connectivity index (χ1v) is 7.58. The molecule has 1 aromatic rings. The highest BCUT2D eigenvalue weighted by atomic mass is 35.5. The smallest absolute Gasteiger partial charge is 0.292 e. The Balaban J connectivity index is 0.00000264. The molecule has 0 radical (unpaired) electrons. The van der Waals surface area contributed by atoms with E-state index in [0.29, 0.717) is 12.2 Å². The van der Waals surface area contributed by atoms with Gasteiger partial charge in [0.15, 0.2) is 0 Å². The summed E-state index contributed by atoms with van der Waals surface area (Å²) in [5.41, 5.74) is 6.29. The Morgan fingerprint density at radius 3 is 2.57 bits per heavy atom. The summed E-state index contributed by atoms with van der Waals surface area (Å²) in [6, 6.07) is 6.88. The zero-order valence-corrected chi connectivity index (χ0v) is 13.7. The summed E-state index contributed by atoms with van der Waals surface area (Å²) in [5, 5.41) is 16.8. The summed E-state index contributed by atoms with van der Waals surface area (Å²) in [6.45, 7) is 0.364. The lowest BCUT2D eigenvalue weighted by atomic mass is 9.92. The van der Waals surface area contributed by atoms with Crippen LogP contribution in [-0.2, 0) is 4.79 Å². The molecule has 0 aliphatic heterocycles. The molecule has 1 aliphatic carbocycles. The van der Waals surface area contributed by atoms with Gasteiger partial charge in [0.1, 0.15) is 5.69 Å². The van der Waals surface area contributed by atoms with Crippen LogP contribution in [-0.4, -0.2) is 29.5 Å². The van der Waals surface area contributed by atoms with Crippen LogP contribution in [0.3, 0.4) is 0 Å². The lowest BCUT2D eigenvalue weighted by Gasteiger charge is -2.26. The Bertz CT molecular complexity index is 533. The largest absolute Gasteiger partial charge is 0.379 e. The molecule has 0 spiro atoms. The van der Waals surface area contributed by atoms with Gasteiger partial charge in [-0.3, -0.25) is 14.9 Å². The Kier molecular flexibility index (Phi) is 7.77. The number of benzene rings is 1. The first kappa shape index (κ1) is 19.2. The number of rotatable bonds is 6. The number of nitrogens with two attached hydrogens (primary N) is 1. The van der Waals surface area contributed by atoms with Crippen LogP contribution in [0, 0.1) is 10.1 Å². The summed E-state index contributed by atoms with van der Waals surface area (Å²) in [5.74, 6) is -0.0356. The molecule has 1 fully saturated rings. The number of halogens is 1. The van der Waals surface area contributed by atoms with Crippen molar-refractivity contribution >= 4 is 29.7 Å². The summed E-state index contributed by atoms with van der Waals surface area (Å²) < 4.78 is 0. The molecule has 0 aromatic heterocycles. The molecule has 2 rings (SSSR count). The lowest BCUT2D eigenvalue weighted by Crippen LogP contribution is -2.40. The molecular formula is C15H23ClN4O3. The number of carbonyl (C=O) groups is 1. The van der Waals surface area contributed by atoms with Gasteiger partial charge in [0.05, 0.1) is 4.92 Å². The van der Waals surface area contributed by atoms with Gasteiger partial charge in [0, 0.05) is 31.1 Å². The van der Waals surface area contributed by atoms with E-state index >= 15 is 0 Å². The van der Waals surface area contributed by atoms with Crippen molar-refractivity contribution in [3.63, 3.8) is 0 Å². The van der Waals surface area contributed by atoms with Crippen molar-refractivity contribution in [2.45, 2.75) is 44.2 Å². The minimum atomic E-state index is -0.437. The fourth-order valence-corrected chi connectivity index (χ4v) is 2.66. The lowest BCUT2D eigenvalue weighted by molar-refractivity contribution is -0.384. The molecule has 1 aliphatic rings. The van der Waals surface area contributed by atoms with Crippen molar-refractivity contribution in [2.24, 2.45) is 5.73 Å². The molecule has 1 aromatic carbocycles. The third-order valence-electron chi connectivity index (χ3n) is 3.91. The maximum absolute atomic E-state index is 11.9. The topological polar surface area (TPSA) is 110 Å². The number of nitrogens with one attached hydrogen (secondary N) is 2. The first-order valence-electron chi connectivity index (χ1n) is 7.58. The number of nitrogens with zero attached hydrogens (tertiary/aromatic N) is 1. The third-order valence-corrected chi connectivity index (χ3v) is 3.91. The summed E-state index contributed by atoms with van der Waals surface area (Å²) in [6.07, 6.45) is 4.02. The standard InChI is InChI=1S/C15H22N4O3.ClH/c16-11-5-7-12(8-6-11)18-15(20)9-10-17-13-3-1-2-4-14(13)19(21)22;/h1-4,11-12,17H,5-10,16H2,(H,18,20);1H. The van der Waals surface area contributed by atoms with Gasteiger partial charge in [0.2, 0.25) is 5.91 Å². The number of amides is 1. The van der Waals surface area contributed by atoms with Crippen molar-refractivity contribution in [2.75, 3.05) is 11.9 Å². The molecule has 7 nitrogen and oxygen atoms in total. The van der Waals surface area contributed by atoms with Crippen LogP contribution in [0.5, 0.6) is 0 Å². The molecule has 0 bridgehead atoms. The predicted molar refractivity (Wildman–Crippen MR) is 91.8 cm³/mol.